The predicted octanol–water partition coefficient (Wildman–Crippen LogP) is 2.67. The van der Waals surface area contributed by atoms with Gasteiger partial charge in [-0.15, -0.1) is 0 Å². The van der Waals surface area contributed by atoms with Crippen molar-refractivity contribution in [1.82, 2.24) is 4.98 Å². The predicted molar refractivity (Wildman–Crippen MR) is 40.1 cm³/mol. The lowest BCUT2D eigenvalue weighted by Crippen LogP contribution is -2.13. The summed E-state index contributed by atoms with van der Waals surface area (Å²) in [5, 5.41) is 8.54. The fourth-order valence-electron chi connectivity index (χ4n) is 1.06. The summed E-state index contributed by atoms with van der Waals surface area (Å²) in [4.78, 5) is 2.66. The van der Waals surface area contributed by atoms with Crippen LogP contribution >= 0.6 is 0 Å². The molecule has 0 spiro atoms. The molecule has 0 fully saturated rings. The van der Waals surface area contributed by atoms with Crippen molar-refractivity contribution in [3.63, 3.8) is 0 Å². The number of hydrogen-bond acceptors (Lipinski definition) is 2. The molecule has 1 N–H and O–H groups in total. The molecule has 8 heteroatoms. The molecular weight excluding hydrogens is 240 g/mol. The minimum Gasteiger partial charge on any atom is -0.390 e. The average Bonchev–Trinajstić information content (AvgIpc) is 2.14. The second-order valence-electron chi connectivity index (χ2n) is 2.82. The Balaban J connectivity index is 3.39. The molecule has 1 rings (SSSR count). The molecule has 0 aliphatic rings. The SMILES string of the molecule is OCc1nc(F)c(C(F)(F)F)cc1C(F)F. The molecule has 1 aromatic heterocycles. The number of alkyl halides is 5. The first-order valence-electron chi connectivity index (χ1n) is 3.93. The Bertz CT molecular complexity index is 389. The minimum atomic E-state index is -5.10. The summed E-state index contributed by atoms with van der Waals surface area (Å²) in [6.45, 7) is -1.06. The first-order valence-corrected chi connectivity index (χ1v) is 3.93. The second kappa shape index (κ2) is 4.28. The zero-order chi connectivity index (χ0) is 12.5. The molecule has 1 heterocycles. The number of halogens is 6. The molecule has 90 valence electrons. The minimum absolute atomic E-state index is 0.0431. The van der Waals surface area contributed by atoms with Crippen LogP contribution in [0.3, 0.4) is 0 Å². The molecule has 0 aromatic carbocycles. The van der Waals surface area contributed by atoms with E-state index in [0.717, 1.165) is 0 Å². The van der Waals surface area contributed by atoms with E-state index in [1.807, 2.05) is 0 Å². The van der Waals surface area contributed by atoms with Crippen LogP contribution in [0.2, 0.25) is 0 Å². The molecule has 0 aliphatic carbocycles. The number of aliphatic hydroxyl groups is 1. The lowest BCUT2D eigenvalue weighted by Gasteiger charge is -2.11. The normalized spacial score (nSPS) is 12.2. The summed E-state index contributed by atoms with van der Waals surface area (Å²) in [5.41, 5.74) is -3.81. The lowest BCUT2D eigenvalue weighted by molar-refractivity contribution is -0.140. The molecular formula is C8H5F6NO. The molecule has 16 heavy (non-hydrogen) atoms. The van der Waals surface area contributed by atoms with Crippen LogP contribution in [0.4, 0.5) is 26.3 Å². The fourth-order valence-corrected chi connectivity index (χ4v) is 1.06. The molecule has 0 atom stereocenters. The highest BCUT2D eigenvalue weighted by Crippen LogP contribution is 2.34. The largest absolute Gasteiger partial charge is 0.420 e. The molecule has 0 saturated heterocycles. The number of aliphatic hydroxyl groups excluding tert-OH is 1. The maximum atomic E-state index is 12.8. The Hall–Kier alpha value is -1.31. The summed E-state index contributed by atoms with van der Waals surface area (Å²) in [6.07, 6.45) is -8.37. The number of aromatic nitrogens is 1. The third kappa shape index (κ3) is 2.43. The van der Waals surface area contributed by atoms with Gasteiger partial charge < -0.3 is 5.11 Å². The van der Waals surface area contributed by atoms with Crippen LogP contribution in [0.25, 0.3) is 0 Å². The van der Waals surface area contributed by atoms with E-state index in [4.69, 9.17) is 5.11 Å². The Kier molecular flexibility index (Phi) is 3.41. The highest BCUT2D eigenvalue weighted by molar-refractivity contribution is 5.28. The van der Waals surface area contributed by atoms with Crippen molar-refractivity contribution < 1.29 is 31.4 Å². The Morgan fingerprint density at radius 3 is 2.25 bits per heavy atom. The van der Waals surface area contributed by atoms with Crippen LogP contribution < -0.4 is 0 Å². The maximum Gasteiger partial charge on any atom is 0.420 e. The van der Waals surface area contributed by atoms with Gasteiger partial charge in [0.25, 0.3) is 6.43 Å². The molecule has 2 nitrogen and oxygen atoms in total. The smallest absolute Gasteiger partial charge is 0.390 e. The summed E-state index contributed by atoms with van der Waals surface area (Å²) in [6, 6.07) is -0.0431. The van der Waals surface area contributed by atoms with Gasteiger partial charge in [-0.2, -0.15) is 17.6 Å². The van der Waals surface area contributed by atoms with Gasteiger partial charge in [0.05, 0.1) is 12.3 Å². The molecule has 0 amide bonds. The van der Waals surface area contributed by atoms with Crippen molar-refractivity contribution in [2.24, 2.45) is 0 Å². The lowest BCUT2D eigenvalue weighted by atomic mass is 10.1. The van der Waals surface area contributed by atoms with Crippen molar-refractivity contribution in [2.75, 3.05) is 0 Å². The highest BCUT2D eigenvalue weighted by atomic mass is 19.4. The zero-order valence-corrected chi connectivity index (χ0v) is 7.52. The van der Waals surface area contributed by atoms with Crippen molar-refractivity contribution in [1.29, 1.82) is 0 Å². The van der Waals surface area contributed by atoms with Gasteiger partial charge in [-0.3, -0.25) is 0 Å². The average molecular weight is 245 g/mol. The monoisotopic (exact) mass is 245 g/mol. The van der Waals surface area contributed by atoms with Crippen LogP contribution in [-0.4, -0.2) is 10.1 Å². The number of pyridine rings is 1. The van der Waals surface area contributed by atoms with Crippen LogP contribution in [0.1, 0.15) is 23.2 Å². The first kappa shape index (κ1) is 12.8. The van der Waals surface area contributed by atoms with Gasteiger partial charge >= 0.3 is 6.18 Å². The van der Waals surface area contributed by atoms with Crippen LogP contribution in [-0.2, 0) is 12.8 Å². The van der Waals surface area contributed by atoms with Crippen molar-refractivity contribution in [3.05, 3.63) is 28.8 Å². The van der Waals surface area contributed by atoms with Gasteiger partial charge in [0.1, 0.15) is 5.56 Å². The first-order chi connectivity index (χ1) is 7.27. The van der Waals surface area contributed by atoms with E-state index in [1.165, 1.54) is 0 Å². The maximum absolute atomic E-state index is 12.8. The van der Waals surface area contributed by atoms with Gasteiger partial charge in [0.15, 0.2) is 0 Å². The van der Waals surface area contributed by atoms with E-state index < -0.39 is 42.0 Å². The molecule has 0 radical (unpaired) electrons. The number of hydrogen-bond donors (Lipinski definition) is 1. The summed E-state index contributed by atoms with van der Waals surface area (Å²) >= 11 is 0. The van der Waals surface area contributed by atoms with Gasteiger partial charge in [-0.05, 0) is 6.07 Å². The molecule has 0 aliphatic heterocycles. The third-order valence-electron chi connectivity index (χ3n) is 1.78. The Labute approximate surface area is 85.5 Å². The molecule has 1 aromatic rings. The van der Waals surface area contributed by atoms with Crippen molar-refractivity contribution in [3.8, 4) is 0 Å². The van der Waals surface area contributed by atoms with E-state index in [9.17, 15) is 26.3 Å². The van der Waals surface area contributed by atoms with Crippen molar-refractivity contribution >= 4 is 0 Å². The Morgan fingerprint density at radius 2 is 1.88 bits per heavy atom. The number of rotatable bonds is 2. The van der Waals surface area contributed by atoms with Crippen LogP contribution in [0.15, 0.2) is 6.07 Å². The van der Waals surface area contributed by atoms with Gasteiger partial charge in [-0.1, -0.05) is 0 Å². The molecule has 0 unspecified atom stereocenters. The van der Waals surface area contributed by atoms with E-state index in [-0.39, 0.29) is 6.07 Å². The molecule has 0 saturated carbocycles. The standard InChI is InChI=1S/C8H5F6NO/c9-6(10)3-1-4(8(12,13)14)7(11)15-5(3)2-16/h1,6,16H,2H2. The third-order valence-corrected chi connectivity index (χ3v) is 1.78. The molecule has 0 bridgehead atoms. The number of nitrogens with zero attached hydrogens (tertiary/aromatic N) is 1. The Morgan fingerprint density at radius 1 is 1.31 bits per heavy atom. The van der Waals surface area contributed by atoms with Gasteiger partial charge in [-0.25, -0.2) is 13.8 Å². The zero-order valence-electron chi connectivity index (χ0n) is 7.52. The fraction of sp³-hybridized carbons (Fsp3) is 0.375. The second-order valence-corrected chi connectivity index (χ2v) is 2.82. The topological polar surface area (TPSA) is 33.1 Å². The van der Waals surface area contributed by atoms with Gasteiger partial charge in [0, 0.05) is 5.56 Å². The quantitative estimate of drug-likeness (QED) is 0.641. The summed E-state index contributed by atoms with van der Waals surface area (Å²) < 4.78 is 73.8. The van der Waals surface area contributed by atoms with Crippen LogP contribution in [0.5, 0.6) is 0 Å². The van der Waals surface area contributed by atoms with E-state index in [0.29, 0.717) is 0 Å². The summed E-state index contributed by atoms with van der Waals surface area (Å²) in [5.74, 6) is -1.93. The van der Waals surface area contributed by atoms with Gasteiger partial charge in [0.2, 0.25) is 5.95 Å². The van der Waals surface area contributed by atoms with E-state index in [2.05, 4.69) is 4.98 Å². The highest BCUT2D eigenvalue weighted by Gasteiger charge is 2.36. The van der Waals surface area contributed by atoms with Crippen LogP contribution in [0, 0.1) is 5.95 Å². The summed E-state index contributed by atoms with van der Waals surface area (Å²) in [7, 11) is 0. The van der Waals surface area contributed by atoms with E-state index in [1.54, 1.807) is 0 Å². The van der Waals surface area contributed by atoms with E-state index >= 15 is 0 Å². The van der Waals surface area contributed by atoms with Crippen molar-refractivity contribution in [2.45, 2.75) is 19.2 Å².